The van der Waals surface area contributed by atoms with Crippen LogP contribution in [0.2, 0.25) is 0 Å². The topological polar surface area (TPSA) is 615 Å². The van der Waals surface area contributed by atoms with Crippen LogP contribution >= 0.6 is 11.8 Å². The van der Waals surface area contributed by atoms with Crippen LogP contribution in [0.4, 0.5) is 30.2 Å². The molecule has 0 bridgehead atoms. The van der Waals surface area contributed by atoms with E-state index in [0.717, 1.165) is 12.1 Å². The number of halogens is 3. The smallest absolute Gasteiger partial charge is 0.490 e. The minimum Gasteiger partial charge on any atom is -0.508 e. The quantitative estimate of drug-likeness (QED) is 0.00652. The summed E-state index contributed by atoms with van der Waals surface area (Å²) in [6.07, 6.45) is 0.855. The molecule has 678 valence electrons. The Hall–Kier alpha value is -13.2. The highest BCUT2D eigenvalue weighted by Crippen LogP contribution is 2.31. The van der Waals surface area contributed by atoms with Crippen LogP contribution in [-0.2, 0) is 76.8 Å². The lowest BCUT2D eigenvalue weighted by Crippen LogP contribution is -2.60. The first-order valence-corrected chi connectivity index (χ1v) is 41.8. The lowest BCUT2D eigenvalue weighted by atomic mass is 10.0. The minimum atomic E-state index is -5.08. The molecule has 0 aliphatic carbocycles. The summed E-state index contributed by atoms with van der Waals surface area (Å²) in [5.41, 5.74) is 17.8. The number of nitro groups is 2. The van der Waals surface area contributed by atoms with Crippen molar-refractivity contribution < 1.29 is 99.9 Å². The van der Waals surface area contributed by atoms with Crippen molar-refractivity contribution in [3.8, 4) is 11.5 Å². The van der Waals surface area contributed by atoms with E-state index in [1.807, 2.05) is 12.1 Å². The fourth-order valence-electron chi connectivity index (χ4n) is 14.3. The summed E-state index contributed by atoms with van der Waals surface area (Å²) < 4.78 is 42.4. The number of alkyl halides is 3. The number of nitrogens with zero attached hydrogens (tertiary/aromatic N) is 4. The number of nitro benzene ring substituents is 2. The number of nitrogens with two attached hydrogens (primary N) is 3. The Morgan fingerprint density at radius 2 is 1.22 bits per heavy atom. The third-order valence-corrected chi connectivity index (χ3v) is 21.4. The van der Waals surface area contributed by atoms with E-state index in [1.54, 1.807) is 43.6 Å². The molecule has 125 heavy (non-hydrogen) atoms. The van der Waals surface area contributed by atoms with Gasteiger partial charge in [-0.15, -0.1) is 0 Å². The van der Waals surface area contributed by atoms with Gasteiger partial charge in [-0.1, -0.05) is 43.7 Å². The summed E-state index contributed by atoms with van der Waals surface area (Å²) in [7, 11) is 1.44. The molecule has 20 N–H and O–H groups in total. The first-order valence-electron chi connectivity index (χ1n) is 40.5. The number of H-pyrrole nitrogens is 1. The number of nitrogens with one attached hydrogen (secondary N) is 12. The molecule has 44 heteroatoms. The monoisotopic (exact) mass is 1770 g/mol. The highest BCUT2D eigenvalue weighted by atomic mass is 32.2. The number of aromatic amines is 1. The van der Waals surface area contributed by atoms with E-state index in [2.05, 4.69) is 58.2 Å². The zero-order valence-corrected chi connectivity index (χ0v) is 70.0. The number of unbranched alkanes of at least 4 members (excludes halogenated alkanes) is 2. The summed E-state index contributed by atoms with van der Waals surface area (Å²) in [5, 5.41) is 76.6. The molecule has 10 atom stereocenters. The van der Waals surface area contributed by atoms with Gasteiger partial charge in [-0.3, -0.25) is 78.4 Å². The molecule has 2 saturated heterocycles. The molecular formula is C81H106F3N19O21S. The van der Waals surface area contributed by atoms with Gasteiger partial charge in [0.05, 0.1) is 29.4 Å². The van der Waals surface area contributed by atoms with E-state index in [0.29, 0.717) is 83.0 Å². The molecule has 6 aromatic rings. The summed E-state index contributed by atoms with van der Waals surface area (Å²) >= 11 is 1.36. The number of amides is 11. The first kappa shape index (κ1) is 98.9. The van der Waals surface area contributed by atoms with E-state index >= 15 is 4.79 Å². The Balaban J connectivity index is 0.00000293. The number of phenols is 1. The van der Waals surface area contributed by atoms with Crippen molar-refractivity contribution in [1.29, 1.82) is 5.41 Å². The number of carbonyl (C=O) groups is 12. The number of ether oxygens (including phenoxy) is 1. The number of aromatic hydroxyl groups is 1. The molecule has 8 rings (SSSR count). The van der Waals surface area contributed by atoms with E-state index in [1.165, 1.54) is 78.1 Å². The van der Waals surface area contributed by atoms with Crippen molar-refractivity contribution in [2.24, 2.45) is 17.2 Å². The van der Waals surface area contributed by atoms with Crippen LogP contribution in [0, 0.1) is 25.6 Å². The Morgan fingerprint density at radius 3 is 1.82 bits per heavy atom. The molecule has 2 aliphatic heterocycles. The third kappa shape index (κ3) is 29.8. The maximum atomic E-state index is 15.0. The molecule has 0 spiro atoms. The van der Waals surface area contributed by atoms with Gasteiger partial charge in [0.15, 0.2) is 5.96 Å². The van der Waals surface area contributed by atoms with Crippen LogP contribution < -0.4 is 80.7 Å². The maximum absolute atomic E-state index is 15.0. The molecule has 0 radical (unpaired) electrons. The van der Waals surface area contributed by atoms with Gasteiger partial charge in [-0.05, 0) is 168 Å². The number of aromatic nitrogens is 1. The number of fused-ring (bicyclic) bond motifs is 2. The largest absolute Gasteiger partial charge is 0.508 e. The van der Waals surface area contributed by atoms with Crippen LogP contribution in [0.3, 0.4) is 0 Å². The Kier molecular flexibility index (Phi) is 38.0. The number of aliphatic carboxylic acids is 1. The molecule has 4 heterocycles. The number of anilines is 1. The standard InChI is InChI=1S/C79H105N19O19S.C2HF3O2/c1-5-15-57(71(104)93-62(39-48-44-86-54-17-7-6-16-52(48)54)74(107)91-58(31-37-118-4)72(105)89-56(69(81)102)18-9-11-33-84-55-30-25-49(97(112)113)42-65(55)98(114)115)90-70(103)45(2)87-73(106)61(38-46-23-26-50(99)27-24-46)94-76(109)64-22-14-36-96(64)78(111)60(19-8-10-32-80)92-75(108)63-21-13-35-95(63)77(110)59(20-12-34-85-79(82)83)88-67(100)40-47-41-68(101)117-66-43-51(116-3)28-29-53(47)66;3-2(4,5)1(6)7/h6-7,16-17,23-30,41-45,56-64,84,86,99H,5,8-15,18-22,31-40,80H2,1-4H3,(H2,81,102)(H,87,106)(H,88,100)(H,89,105)(H,90,103)(H,91,107)(H,92,108)(H,93,104)(H,94,109)(H4,82,83,85);(H,6,7)/t45-,56-,57-,58-,59-,60-,61-,62-,63-,64-;/m0./s1. The highest BCUT2D eigenvalue weighted by Gasteiger charge is 2.44. The lowest BCUT2D eigenvalue weighted by Gasteiger charge is -2.32. The van der Waals surface area contributed by atoms with Gasteiger partial charge < -0.3 is 105 Å². The summed E-state index contributed by atoms with van der Waals surface area (Å²) in [5.74, 6) is -10.7. The van der Waals surface area contributed by atoms with Crippen LogP contribution in [0.5, 0.6) is 11.5 Å². The van der Waals surface area contributed by atoms with Gasteiger partial charge >= 0.3 is 17.8 Å². The van der Waals surface area contributed by atoms with Crippen molar-refractivity contribution in [3.63, 3.8) is 0 Å². The van der Waals surface area contributed by atoms with Crippen molar-refractivity contribution in [2.75, 3.05) is 57.2 Å². The Bertz CT molecular complexity index is 4900. The zero-order chi connectivity index (χ0) is 91.8. The van der Waals surface area contributed by atoms with Crippen molar-refractivity contribution in [1.82, 2.24) is 62.6 Å². The van der Waals surface area contributed by atoms with E-state index in [-0.39, 0.29) is 133 Å². The number of hydrogen-bond acceptors (Lipinski definition) is 24. The summed E-state index contributed by atoms with van der Waals surface area (Å²) in [4.78, 5) is 207. The van der Waals surface area contributed by atoms with E-state index < -0.39 is 164 Å². The van der Waals surface area contributed by atoms with Gasteiger partial charge in [0.25, 0.3) is 11.4 Å². The van der Waals surface area contributed by atoms with Gasteiger partial charge in [-0.25, -0.2) is 9.59 Å². The van der Waals surface area contributed by atoms with Gasteiger partial charge in [-0.2, -0.15) is 24.9 Å². The number of carboxylic acid groups (broad SMARTS) is 1. The number of rotatable bonds is 46. The number of likely N-dealkylation sites (tertiary alicyclic amines) is 2. The number of carboxylic acids is 1. The average Bonchev–Trinajstić information content (AvgIpc) is 1.45. The molecule has 0 saturated carbocycles. The second-order valence-corrected chi connectivity index (χ2v) is 30.8. The van der Waals surface area contributed by atoms with Crippen LogP contribution in [0.1, 0.15) is 127 Å². The highest BCUT2D eigenvalue weighted by molar-refractivity contribution is 7.98. The minimum absolute atomic E-state index is 0.0129. The van der Waals surface area contributed by atoms with Crippen LogP contribution in [-0.4, -0.2) is 230 Å². The molecule has 11 amide bonds. The maximum Gasteiger partial charge on any atom is 0.490 e. The van der Waals surface area contributed by atoms with Gasteiger partial charge in [0.1, 0.15) is 83.2 Å². The number of guanidine groups is 1. The van der Waals surface area contributed by atoms with E-state index in [4.69, 9.17) is 41.7 Å². The Morgan fingerprint density at radius 1 is 0.656 bits per heavy atom. The molecule has 2 fully saturated rings. The lowest BCUT2D eigenvalue weighted by molar-refractivity contribution is -0.393. The average molecular weight is 1770 g/mol. The Labute approximate surface area is 718 Å². The number of phenolic OH excluding ortho intramolecular Hbond substituents is 1. The molecule has 0 unspecified atom stereocenters. The third-order valence-electron chi connectivity index (χ3n) is 20.7. The summed E-state index contributed by atoms with van der Waals surface area (Å²) in [6, 6.07) is 9.25. The van der Waals surface area contributed by atoms with Gasteiger partial charge in [0, 0.05) is 79.7 Å². The number of carbonyl (C=O) groups excluding carboxylic acids is 11. The zero-order valence-electron chi connectivity index (χ0n) is 69.2. The molecule has 2 aliphatic rings. The van der Waals surface area contributed by atoms with Gasteiger partial charge in [0.2, 0.25) is 65.0 Å². The van der Waals surface area contributed by atoms with Crippen molar-refractivity contribution in [3.05, 3.63) is 145 Å². The van der Waals surface area contributed by atoms with Crippen LogP contribution in [0.15, 0.2) is 106 Å². The predicted molar refractivity (Wildman–Crippen MR) is 452 cm³/mol. The number of hydrogen-bond donors (Lipinski definition) is 17. The molecular weight excluding hydrogens is 1660 g/mol. The molecule has 4 aromatic carbocycles. The number of non-ortho nitro benzene ring substituents is 1. The number of methoxy groups -OCH3 is 1. The summed E-state index contributed by atoms with van der Waals surface area (Å²) in [6.45, 7) is 3.81. The van der Waals surface area contributed by atoms with Crippen molar-refractivity contribution >= 4 is 128 Å². The fraction of sp³-hybridized carbons (Fsp3) is 0.481. The number of benzene rings is 4. The normalized spacial score (nSPS) is 15.6. The number of para-hydroxylation sites is 1. The van der Waals surface area contributed by atoms with E-state index in [9.17, 15) is 91.2 Å². The number of thioether (sulfide) groups is 1. The van der Waals surface area contributed by atoms with Crippen LogP contribution in [0.25, 0.3) is 21.9 Å². The SMILES string of the molecule is CCC[C@H](NC(=O)[C@H](C)NC(=O)[C@H](Cc1ccc(O)cc1)NC(=O)[C@@H]1CCCN1C(=O)[C@H](CCCCN)NC(=O)[C@@H]1CCCN1C(=O)[C@H](CCCNC(=N)N)NC(=O)Cc1cc(=O)oc2cc(OC)ccc12)C(=O)N[C@@H](Cc1c[nH]c2ccccc12)C(=O)N[C@@H](CCSC)C(=O)N[C@@H](CCCCNc1ccc([N+](=O)[O-])cc1[N+](=O)[O-])C(N)=O.O=C(O)C(F)(F)F. The first-order chi connectivity index (χ1) is 59.4. The molecule has 2 aromatic heterocycles. The second kappa shape index (κ2) is 48.0. The molecule has 40 nitrogen and oxygen atoms in total. The fourth-order valence-corrected chi connectivity index (χ4v) is 14.7. The van der Waals surface area contributed by atoms with Crippen molar-refractivity contribution in [2.45, 2.75) is 196 Å². The second-order valence-electron chi connectivity index (χ2n) is 29.8. The number of primary amides is 1. The predicted octanol–water partition coefficient (Wildman–Crippen LogP) is 3.06.